The summed E-state index contributed by atoms with van der Waals surface area (Å²) in [5, 5.41) is 5.55. The summed E-state index contributed by atoms with van der Waals surface area (Å²) < 4.78 is 18.5. The van der Waals surface area contributed by atoms with E-state index in [-0.39, 0.29) is 11.9 Å². The highest BCUT2D eigenvalue weighted by Crippen LogP contribution is 2.40. The lowest BCUT2D eigenvalue weighted by molar-refractivity contribution is -0.117. The van der Waals surface area contributed by atoms with Crippen molar-refractivity contribution >= 4 is 34.2 Å². The van der Waals surface area contributed by atoms with Gasteiger partial charge < -0.3 is 23.5 Å². The maximum atomic E-state index is 13.2. The van der Waals surface area contributed by atoms with Crippen molar-refractivity contribution < 1.29 is 18.8 Å². The minimum Gasteiger partial charge on any atom is -0.495 e. The fraction of sp³-hybridized carbons (Fsp3) is 0.414. The van der Waals surface area contributed by atoms with Crippen molar-refractivity contribution in [3.63, 3.8) is 0 Å². The summed E-state index contributed by atoms with van der Waals surface area (Å²) in [5.74, 6) is 2.17. The molecule has 0 N–H and O–H groups in total. The van der Waals surface area contributed by atoms with Crippen molar-refractivity contribution in [2.24, 2.45) is 5.92 Å². The second-order valence-electron chi connectivity index (χ2n) is 10.1. The summed E-state index contributed by atoms with van der Waals surface area (Å²) in [6.45, 7) is 4.43. The first kappa shape index (κ1) is 24.9. The van der Waals surface area contributed by atoms with Gasteiger partial charge in [0.2, 0.25) is 5.91 Å². The number of fused-ring (bicyclic) bond motifs is 1. The van der Waals surface area contributed by atoms with E-state index in [4.69, 9.17) is 30.6 Å². The fourth-order valence-electron chi connectivity index (χ4n) is 5.65. The highest BCUT2D eigenvalue weighted by Gasteiger charge is 2.37. The SMILES string of the molecule is COc1ccc(N2C(=O)CC[C@H]2c2nc(-c3ccc4onc(C)c4c3)cn2CCC2CCOCC2)cc1Cl. The Balaban J connectivity index is 1.38. The number of halogens is 1. The predicted octanol–water partition coefficient (Wildman–Crippen LogP) is 6.35. The number of hydrogen-bond donors (Lipinski definition) is 0. The summed E-state index contributed by atoms with van der Waals surface area (Å²) in [4.78, 5) is 20.1. The molecule has 2 saturated heterocycles. The van der Waals surface area contributed by atoms with Crippen LogP contribution in [0.4, 0.5) is 5.69 Å². The van der Waals surface area contributed by atoms with Crippen LogP contribution in [0.1, 0.15) is 49.7 Å². The zero-order valence-corrected chi connectivity index (χ0v) is 22.4. The van der Waals surface area contributed by atoms with Crippen LogP contribution in [0.3, 0.4) is 0 Å². The average Bonchev–Trinajstić information content (AvgIpc) is 3.64. The molecule has 2 aromatic heterocycles. The zero-order chi connectivity index (χ0) is 26.2. The van der Waals surface area contributed by atoms with Gasteiger partial charge in [0.1, 0.15) is 11.6 Å². The Bertz CT molecular complexity index is 1470. The Kier molecular flexibility index (Phi) is 6.84. The quantitative estimate of drug-likeness (QED) is 0.275. The lowest BCUT2D eigenvalue weighted by atomic mass is 9.96. The fourth-order valence-corrected chi connectivity index (χ4v) is 5.90. The molecule has 2 fully saturated rings. The minimum absolute atomic E-state index is 0.0679. The van der Waals surface area contributed by atoms with E-state index in [1.54, 1.807) is 19.2 Å². The predicted molar refractivity (Wildman–Crippen MR) is 146 cm³/mol. The molecular formula is C29H31ClN4O4. The van der Waals surface area contributed by atoms with Gasteiger partial charge in [0.25, 0.3) is 0 Å². The number of aromatic nitrogens is 3. The van der Waals surface area contributed by atoms with Crippen molar-refractivity contribution in [1.29, 1.82) is 0 Å². The Morgan fingerprint density at radius 3 is 2.76 bits per heavy atom. The Hall–Kier alpha value is -3.36. The number of anilines is 1. The van der Waals surface area contributed by atoms with E-state index in [1.807, 2.05) is 30.0 Å². The van der Waals surface area contributed by atoms with Crippen molar-refractivity contribution in [3.05, 3.63) is 59.1 Å². The van der Waals surface area contributed by atoms with Crippen molar-refractivity contribution in [1.82, 2.24) is 14.7 Å². The van der Waals surface area contributed by atoms with E-state index in [0.717, 1.165) is 78.5 Å². The summed E-state index contributed by atoms with van der Waals surface area (Å²) in [6, 6.07) is 11.3. The molecule has 0 unspecified atom stereocenters. The molecule has 2 aliphatic rings. The lowest BCUT2D eigenvalue weighted by Gasteiger charge is -2.26. The third-order valence-electron chi connectivity index (χ3n) is 7.80. The zero-order valence-electron chi connectivity index (χ0n) is 21.7. The van der Waals surface area contributed by atoms with Crippen LogP contribution in [0.15, 0.2) is 47.1 Å². The van der Waals surface area contributed by atoms with E-state index >= 15 is 0 Å². The standard InChI is InChI=1S/C29H31ClN4O4/c1-18-22-15-20(3-6-26(22)38-32-18)24-17-33(12-9-19-10-13-37-14-11-19)29(31-24)25-5-8-28(35)34(25)21-4-7-27(36-2)23(30)16-21/h3-4,6-7,15-17,19,25H,5,8-14H2,1-2H3/t25-/m0/s1. The van der Waals surface area contributed by atoms with Crippen LogP contribution in [-0.4, -0.2) is 40.9 Å². The molecule has 0 saturated carbocycles. The number of carbonyl (C=O) groups excluding carboxylic acids is 1. The van der Waals surface area contributed by atoms with Crippen LogP contribution < -0.4 is 9.64 Å². The van der Waals surface area contributed by atoms with Crippen LogP contribution >= 0.6 is 11.6 Å². The molecule has 0 spiro atoms. The maximum Gasteiger partial charge on any atom is 0.227 e. The molecule has 4 heterocycles. The molecular weight excluding hydrogens is 504 g/mol. The highest BCUT2D eigenvalue weighted by atomic mass is 35.5. The van der Waals surface area contributed by atoms with Crippen LogP contribution in [-0.2, 0) is 16.1 Å². The molecule has 0 radical (unpaired) electrons. The van der Waals surface area contributed by atoms with Gasteiger partial charge in [-0.05, 0) is 74.9 Å². The molecule has 2 aliphatic heterocycles. The monoisotopic (exact) mass is 534 g/mol. The molecule has 1 atom stereocenters. The molecule has 4 aromatic rings. The van der Waals surface area contributed by atoms with Crippen LogP contribution in [0, 0.1) is 12.8 Å². The Labute approximate surface area is 226 Å². The van der Waals surface area contributed by atoms with Gasteiger partial charge >= 0.3 is 0 Å². The van der Waals surface area contributed by atoms with Gasteiger partial charge in [-0.3, -0.25) is 4.79 Å². The van der Waals surface area contributed by atoms with Gasteiger partial charge in [-0.25, -0.2) is 4.98 Å². The van der Waals surface area contributed by atoms with Crippen LogP contribution in [0.25, 0.3) is 22.2 Å². The molecule has 9 heteroatoms. The van der Waals surface area contributed by atoms with E-state index in [0.29, 0.717) is 29.5 Å². The van der Waals surface area contributed by atoms with E-state index in [2.05, 4.69) is 22.0 Å². The number of imidazole rings is 1. The molecule has 38 heavy (non-hydrogen) atoms. The lowest BCUT2D eigenvalue weighted by Crippen LogP contribution is -2.29. The number of methoxy groups -OCH3 is 1. The summed E-state index contributed by atoms with van der Waals surface area (Å²) in [5.41, 5.74) is 4.24. The number of nitrogens with zero attached hydrogens (tertiary/aromatic N) is 4. The third-order valence-corrected chi connectivity index (χ3v) is 8.09. The smallest absolute Gasteiger partial charge is 0.227 e. The van der Waals surface area contributed by atoms with Crippen molar-refractivity contribution in [2.45, 2.75) is 51.6 Å². The average molecular weight is 535 g/mol. The third kappa shape index (κ3) is 4.67. The van der Waals surface area contributed by atoms with Crippen LogP contribution in [0.2, 0.25) is 5.02 Å². The van der Waals surface area contributed by atoms with Crippen molar-refractivity contribution in [3.8, 4) is 17.0 Å². The van der Waals surface area contributed by atoms with Gasteiger partial charge in [0, 0.05) is 49.0 Å². The number of carbonyl (C=O) groups is 1. The molecule has 1 amide bonds. The first-order valence-corrected chi connectivity index (χ1v) is 13.6. The topological polar surface area (TPSA) is 82.6 Å². The molecule has 8 nitrogen and oxygen atoms in total. The largest absolute Gasteiger partial charge is 0.495 e. The number of benzene rings is 2. The second-order valence-corrected chi connectivity index (χ2v) is 10.5. The van der Waals surface area contributed by atoms with E-state index < -0.39 is 0 Å². The number of hydrogen-bond acceptors (Lipinski definition) is 6. The van der Waals surface area contributed by atoms with Gasteiger partial charge in [-0.1, -0.05) is 16.8 Å². The highest BCUT2D eigenvalue weighted by molar-refractivity contribution is 6.32. The number of aryl methyl sites for hydroxylation is 2. The Morgan fingerprint density at radius 1 is 1.13 bits per heavy atom. The molecule has 2 aromatic carbocycles. The van der Waals surface area contributed by atoms with Gasteiger partial charge in [-0.2, -0.15) is 0 Å². The summed E-state index contributed by atoms with van der Waals surface area (Å²) >= 11 is 6.44. The van der Waals surface area contributed by atoms with E-state index in [1.165, 1.54) is 0 Å². The number of ether oxygens (including phenoxy) is 2. The minimum atomic E-state index is -0.184. The van der Waals surface area contributed by atoms with Gasteiger partial charge in [0.05, 0.1) is 29.6 Å². The normalized spacial score (nSPS) is 18.6. The van der Waals surface area contributed by atoms with Crippen LogP contribution in [0.5, 0.6) is 5.75 Å². The van der Waals surface area contributed by atoms with E-state index in [9.17, 15) is 4.79 Å². The summed E-state index contributed by atoms with van der Waals surface area (Å²) in [6.07, 6.45) is 6.49. The first-order chi connectivity index (χ1) is 18.5. The number of rotatable bonds is 7. The first-order valence-electron chi connectivity index (χ1n) is 13.2. The summed E-state index contributed by atoms with van der Waals surface area (Å²) in [7, 11) is 1.58. The second kappa shape index (κ2) is 10.4. The maximum absolute atomic E-state index is 13.2. The number of amides is 1. The molecule has 0 bridgehead atoms. The Morgan fingerprint density at radius 2 is 1.97 bits per heavy atom. The van der Waals surface area contributed by atoms with Crippen molar-refractivity contribution in [2.75, 3.05) is 25.2 Å². The molecule has 0 aliphatic carbocycles. The van der Waals surface area contributed by atoms with Gasteiger partial charge in [0.15, 0.2) is 5.58 Å². The van der Waals surface area contributed by atoms with Gasteiger partial charge in [-0.15, -0.1) is 0 Å². The molecule has 198 valence electrons. The molecule has 6 rings (SSSR count).